The van der Waals surface area contributed by atoms with Crippen LogP contribution in [0.2, 0.25) is 0 Å². The van der Waals surface area contributed by atoms with E-state index in [9.17, 15) is 9.90 Å². The molecule has 3 aromatic rings. The molecule has 2 aliphatic rings. The van der Waals surface area contributed by atoms with Gasteiger partial charge in [-0.2, -0.15) is 4.98 Å². The first-order valence-electron chi connectivity index (χ1n) is 12.7. The van der Waals surface area contributed by atoms with Crippen LogP contribution < -0.4 is 15.1 Å². The molecule has 5 rings (SSSR count). The van der Waals surface area contributed by atoms with Crippen molar-refractivity contribution < 1.29 is 14.6 Å². The maximum absolute atomic E-state index is 12.2. The summed E-state index contributed by atoms with van der Waals surface area (Å²) in [5.41, 5.74) is 2.32. The topological polar surface area (TPSA) is 90.8 Å². The highest BCUT2D eigenvalue weighted by molar-refractivity contribution is 7.99. The van der Waals surface area contributed by atoms with Gasteiger partial charge in [0, 0.05) is 54.2 Å². The molecule has 3 heterocycles. The third-order valence-electron chi connectivity index (χ3n) is 6.75. The Morgan fingerprint density at radius 3 is 2.70 bits per heavy atom. The van der Waals surface area contributed by atoms with Crippen molar-refractivity contribution >= 4 is 40.5 Å². The zero-order chi connectivity index (χ0) is 26.2. The number of alkyl carbamates (subject to hydrolysis) is 1. The third-order valence-corrected chi connectivity index (χ3v) is 7.84. The second-order valence-electron chi connectivity index (χ2n) is 11.1. The van der Waals surface area contributed by atoms with Crippen LogP contribution >= 0.6 is 11.8 Å². The monoisotopic (exact) mass is 521 g/mol. The number of nitrogens with zero attached hydrogens (tertiary/aromatic N) is 4. The van der Waals surface area contributed by atoms with E-state index in [4.69, 9.17) is 14.7 Å². The fourth-order valence-electron chi connectivity index (χ4n) is 4.85. The van der Waals surface area contributed by atoms with Gasteiger partial charge in [0.25, 0.3) is 0 Å². The van der Waals surface area contributed by atoms with E-state index in [1.165, 1.54) is 10.5 Å². The number of nitrogens with one attached hydrogen (secondary N) is 1. The Bertz CT molecular complexity index is 1300. The largest absolute Gasteiger partial charge is 0.444 e. The van der Waals surface area contributed by atoms with Crippen molar-refractivity contribution in [2.24, 2.45) is 5.41 Å². The quantitative estimate of drug-likeness (QED) is 0.512. The highest BCUT2D eigenvalue weighted by atomic mass is 32.2. The number of anilines is 2. The average Bonchev–Trinajstić information content (AvgIpc) is 3.05. The number of aryl methyl sites for hydroxylation is 1. The number of aliphatic hydroxyl groups is 1. The zero-order valence-corrected chi connectivity index (χ0v) is 22.8. The first-order valence-corrected chi connectivity index (χ1v) is 13.7. The van der Waals surface area contributed by atoms with E-state index in [-0.39, 0.29) is 6.61 Å². The van der Waals surface area contributed by atoms with Gasteiger partial charge >= 0.3 is 6.09 Å². The summed E-state index contributed by atoms with van der Waals surface area (Å²) in [5, 5.41) is 14.1. The minimum absolute atomic E-state index is 0.0334. The second kappa shape index (κ2) is 10.0. The number of carbonyl (C=O) groups excluding carboxylic acids is 1. The number of rotatable bonds is 5. The van der Waals surface area contributed by atoms with Crippen LogP contribution in [0.3, 0.4) is 0 Å². The fraction of sp³-hybridized carbons (Fsp3) is 0.464. The van der Waals surface area contributed by atoms with E-state index in [0.29, 0.717) is 19.6 Å². The lowest BCUT2D eigenvalue weighted by atomic mass is 9.80. The molecule has 37 heavy (non-hydrogen) atoms. The number of aliphatic hydroxyl groups excluding tert-OH is 1. The molecule has 1 fully saturated rings. The van der Waals surface area contributed by atoms with Crippen molar-refractivity contribution in [2.45, 2.75) is 44.7 Å². The zero-order valence-electron chi connectivity index (χ0n) is 22.0. The molecule has 196 valence electrons. The molecule has 1 amide bonds. The van der Waals surface area contributed by atoms with E-state index in [1.54, 1.807) is 0 Å². The molecular weight excluding hydrogens is 486 g/mol. The number of aromatic nitrogens is 2. The first kappa shape index (κ1) is 25.6. The van der Waals surface area contributed by atoms with Gasteiger partial charge < -0.3 is 25.0 Å². The molecule has 2 aromatic carbocycles. The van der Waals surface area contributed by atoms with Crippen LogP contribution in [-0.2, 0) is 11.3 Å². The summed E-state index contributed by atoms with van der Waals surface area (Å²) >= 11 is 1.87. The number of carbonyl (C=O) groups is 1. The van der Waals surface area contributed by atoms with E-state index in [2.05, 4.69) is 64.5 Å². The number of thioether (sulfide) groups is 1. The Morgan fingerprint density at radius 2 is 1.95 bits per heavy atom. The summed E-state index contributed by atoms with van der Waals surface area (Å²) in [6.07, 6.45) is -0.469. The Kier molecular flexibility index (Phi) is 6.93. The van der Waals surface area contributed by atoms with E-state index >= 15 is 0 Å². The molecule has 0 atom stereocenters. The first-order chi connectivity index (χ1) is 17.6. The highest BCUT2D eigenvalue weighted by Crippen LogP contribution is 2.38. The van der Waals surface area contributed by atoms with Gasteiger partial charge in [0.2, 0.25) is 5.95 Å². The number of hydrogen-bond donors (Lipinski definition) is 2. The van der Waals surface area contributed by atoms with Gasteiger partial charge in [0.05, 0.1) is 12.1 Å². The second-order valence-corrected chi connectivity index (χ2v) is 12.3. The summed E-state index contributed by atoms with van der Waals surface area (Å²) in [4.78, 5) is 28.0. The van der Waals surface area contributed by atoms with Crippen LogP contribution in [0.4, 0.5) is 16.6 Å². The summed E-state index contributed by atoms with van der Waals surface area (Å²) in [5.74, 6) is 2.56. The molecule has 0 radical (unpaired) electrons. The number of hydrogen-bond acceptors (Lipinski definition) is 8. The van der Waals surface area contributed by atoms with Gasteiger partial charge in [0.15, 0.2) is 0 Å². The maximum Gasteiger partial charge on any atom is 0.407 e. The van der Waals surface area contributed by atoms with Crippen LogP contribution in [0.5, 0.6) is 0 Å². The SMILES string of the molecule is Cc1ccc2nc(N3CCSc4ccccc4C3)nc(N3CC(CO)(CNC(=O)OC(C)(C)C)C3)c2c1. The smallest absolute Gasteiger partial charge is 0.407 e. The molecule has 1 saturated heterocycles. The summed E-state index contributed by atoms with van der Waals surface area (Å²) < 4.78 is 5.37. The predicted molar refractivity (Wildman–Crippen MR) is 148 cm³/mol. The Morgan fingerprint density at radius 1 is 1.16 bits per heavy atom. The molecule has 0 spiro atoms. The van der Waals surface area contributed by atoms with Crippen molar-refractivity contribution in [3.63, 3.8) is 0 Å². The molecule has 2 N–H and O–H groups in total. The molecule has 8 nitrogen and oxygen atoms in total. The van der Waals surface area contributed by atoms with Gasteiger partial charge in [-0.1, -0.05) is 29.8 Å². The van der Waals surface area contributed by atoms with E-state index < -0.39 is 17.1 Å². The third kappa shape index (κ3) is 5.62. The highest BCUT2D eigenvalue weighted by Gasteiger charge is 2.44. The lowest BCUT2D eigenvalue weighted by Crippen LogP contribution is -2.63. The lowest BCUT2D eigenvalue weighted by Gasteiger charge is -2.50. The normalized spacial score (nSPS) is 17.1. The average molecular weight is 522 g/mol. The molecule has 0 saturated carbocycles. The standard InChI is InChI=1S/C28H35N5O3S/c1-19-9-10-22-21(13-19)24(33-16-28(17-33,18-34)15-29-26(35)36-27(2,3)4)31-25(30-22)32-11-12-37-23-8-6-5-7-20(23)14-32/h5-10,13,34H,11-12,14-18H2,1-4H3,(H,29,35). The van der Waals surface area contributed by atoms with Gasteiger partial charge in [-0.25, -0.2) is 9.78 Å². The molecule has 2 aliphatic heterocycles. The molecule has 0 unspecified atom stereocenters. The van der Waals surface area contributed by atoms with Crippen LogP contribution in [0, 0.1) is 12.3 Å². The van der Waals surface area contributed by atoms with Crippen LogP contribution in [0.1, 0.15) is 31.9 Å². The number of fused-ring (bicyclic) bond motifs is 2. The molecule has 1 aromatic heterocycles. The Hall–Kier alpha value is -3.04. The van der Waals surface area contributed by atoms with E-state index in [0.717, 1.165) is 47.1 Å². The fourth-order valence-corrected chi connectivity index (χ4v) is 5.87. The van der Waals surface area contributed by atoms with E-state index in [1.807, 2.05) is 32.5 Å². The van der Waals surface area contributed by atoms with Gasteiger partial charge in [-0.05, 0) is 51.5 Å². The van der Waals surface area contributed by atoms with Crippen LogP contribution in [-0.4, -0.2) is 65.3 Å². The van der Waals surface area contributed by atoms with Crippen molar-refractivity contribution in [3.05, 3.63) is 53.6 Å². The molecular formula is C28H35N5O3S. The van der Waals surface area contributed by atoms with Crippen molar-refractivity contribution in [2.75, 3.05) is 48.3 Å². The minimum Gasteiger partial charge on any atom is -0.444 e. The number of amides is 1. The maximum atomic E-state index is 12.2. The predicted octanol–water partition coefficient (Wildman–Crippen LogP) is 4.37. The van der Waals surface area contributed by atoms with Crippen LogP contribution in [0.15, 0.2) is 47.4 Å². The van der Waals surface area contributed by atoms with Gasteiger partial charge in [0.1, 0.15) is 11.4 Å². The Labute approximate surface area is 222 Å². The molecule has 0 bridgehead atoms. The van der Waals surface area contributed by atoms with Crippen molar-refractivity contribution in [3.8, 4) is 0 Å². The number of ether oxygens (including phenoxy) is 1. The van der Waals surface area contributed by atoms with Crippen LogP contribution in [0.25, 0.3) is 10.9 Å². The van der Waals surface area contributed by atoms with Gasteiger partial charge in [-0.3, -0.25) is 0 Å². The van der Waals surface area contributed by atoms with Crippen molar-refractivity contribution in [1.29, 1.82) is 0 Å². The molecule has 9 heteroatoms. The summed E-state index contributed by atoms with van der Waals surface area (Å²) in [6, 6.07) is 14.8. The summed E-state index contributed by atoms with van der Waals surface area (Å²) in [7, 11) is 0. The molecule has 0 aliphatic carbocycles. The lowest BCUT2D eigenvalue weighted by molar-refractivity contribution is 0.0428. The van der Waals surface area contributed by atoms with Gasteiger partial charge in [-0.15, -0.1) is 11.8 Å². The van der Waals surface area contributed by atoms with Crippen molar-refractivity contribution in [1.82, 2.24) is 15.3 Å². The number of benzene rings is 2. The summed E-state index contributed by atoms with van der Waals surface area (Å²) in [6.45, 7) is 10.7. The minimum atomic E-state index is -0.567. The Balaban J connectivity index is 1.40.